The van der Waals surface area contributed by atoms with Crippen molar-refractivity contribution in [1.82, 2.24) is 18.8 Å². The van der Waals surface area contributed by atoms with Crippen molar-refractivity contribution in [3.05, 3.63) is 0 Å². The molecule has 2 atom stereocenters. The van der Waals surface area contributed by atoms with Gasteiger partial charge in [0.1, 0.15) is 0 Å². The zero-order chi connectivity index (χ0) is 19.3. The third-order valence-electron chi connectivity index (χ3n) is 5.51. The van der Waals surface area contributed by atoms with Crippen LogP contribution in [0.3, 0.4) is 0 Å². The standard InChI is InChI=1S/C18H36N4O3S/c1-15-12-16(2)14-21(13-15)9-5-8-19-18(23)17-6-10-22(11-7-17)26(24,25)20(3)4/h15-17H,5-14H2,1-4H3,(H,19,23). The Hall–Kier alpha value is -0.700. The first-order valence-electron chi connectivity index (χ1n) is 9.87. The number of nitrogens with one attached hydrogen (secondary N) is 1. The molecule has 0 bridgehead atoms. The highest BCUT2D eigenvalue weighted by molar-refractivity contribution is 7.86. The molecule has 0 aromatic carbocycles. The van der Waals surface area contributed by atoms with Crippen LogP contribution in [0, 0.1) is 17.8 Å². The van der Waals surface area contributed by atoms with Gasteiger partial charge in [0.05, 0.1) is 0 Å². The summed E-state index contributed by atoms with van der Waals surface area (Å²) in [4.78, 5) is 14.8. The maximum atomic E-state index is 12.3. The smallest absolute Gasteiger partial charge is 0.281 e. The van der Waals surface area contributed by atoms with Crippen LogP contribution in [0.4, 0.5) is 0 Å². The normalized spacial score (nSPS) is 27.0. The summed E-state index contributed by atoms with van der Waals surface area (Å²) in [5.74, 6) is 1.53. The Bertz CT molecular complexity index is 549. The van der Waals surface area contributed by atoms with Crippen LogP contribution in [0.15, 0.2) is 0 Å². The lowest BCUT2D eigenvalue weighted by atomic mass is 9.92. The third kappa shape index (κ3) is 5.90. The summed E-state index contributed by atoms with van der Waals surface area (Å²) in [5.41, 5.74) is 0. The molecule has 2 fully saturated rings. The predicted octanol–water partition coefficient (Wildman–Crippen LogP) is 0.989. The molecule has 2 aliphatic rings. The summed E-state index contributed by atoms with van der Waals surface area (Å²) in [5, 5.41) is 3.05. The molecule has 0 aromatic rings. The highest BCUT2D eigenvalue weighted by Gasteiger charge is 2.32. The first-order chi connectivity index (χ1) is 12.2. The van der Waals surface area contributed by atoms with Crippen LogP contribution in [-0.4, -0.2) is 81.2 Å². The SMILES string of the molecule is CC1CC(C)CN(CCCNC(=O)C2CCN(S(=O)(=O)N(C)C)CC2)C1. The Balaban J connectivity index is 1.65. The van der Waals surface area contributed by atoms with Gasteiger partial charge in [-0.05, 0) is 44.1 Å². The molecule has 152 valence electrons. The van der Waals surface area contributed by atoms with Crippen LogP contribution in [0.25, 0.3) is 0 Å². The van der Waals surface area contributed by atoms with E-state index in [2.05, 4.69) is 24.1 Å². The van der Waals surface area contributed by atoms with E-state index in [9.17, 15) is 13.2 Å². The summed E-state index contributed by atoms with van der Waals surface area (Å²) in [6.07, 6.45) is 3.48. The fourth-order valence-electron chi connectivity index (χ4n) is 4.21. The van der Waals surface area contributed by atoms with Crippen LogP contribution in [0.1, 0.15) is 39.5 Å². The lowest BCUT2D eigenvalue weighted by molar-refractivity contribution is -0.126. The molecule has 26 heavy (non-hydrogen) atoms. The Labute approximate surface area is 159 Å². The van der Waals surface area contributed by atoms with Crippen LogP contribution >= 0.6 is 0 Å². The lowest BCUT2D eigenvalue weighted by Gasteiger charge is -2.35. The Morgan fingerprint density at radius 1 is 1.12 bits per heavy atom. The first kappa shape index (κ1) is 21.6. The van der Waals surface area contributed by atoms with Crippen molar-refractivity contribution in [3.8, 4) is 0 Å². The van der Waals surface area contributed by atoms with Crippen LogP contribution < -0.4 is 5.32 Å². The number of hydrogen-bond acceptors (Lipinski definition) is 4. The average Bonchev–Trinajstić information content (AvgIpc) is 2.57. The molecule has 2 unspecified atom stereocenters. The van der Waals surface area contributed by atoms with E-state index in [1.165, 1.54) is 29.1 Å². The van der Waals surface area contributed by atoms with Crippen molar-refractivity contribution in [3.63, 3.8) is 0 Å². The number of nitrogens with zero attached hydrogens (tertiary/aromatic N) is 3. The van der Waals surface area contributed by atoms with Crippen molar-refractivity contribution in [1.29, 1.82) is 0 Å². The predicted molar refractivity (Wildman–Crippen MR) is 104 cm³/mol. The number of hydrogen-bond donors (Lipinski definition) is 1. The van der Waals surface area contributed by atoms with E-state index in [4.69, 9.17) is 0 Å². The van der Waals surface area contributed by atoms with Gasteiger partial charge in [-0.1, -0.05) is 13.8 Å². The highest BCUT2D eigenvalue weighted by Crippen LogP contribution is 2.22. The summed E-state index contributed by atoms with van der Waals surface area (Å²) in [6, 6.07) is 0. The third-order valence-corrected chi connectivity index (χ3v) is 7.45. The van der Waals surface area contributed by atoms with Crippen molar-refractivity contribution in [2.45, 2.75) is 39.5 Å². The van der Waals surface area contributed by atoms with E-state index in [0.717, 1.165) is 37.9 Å². The number of rotatable bonds is 7. The zero-order valence-corrected chi connectivity index (χ0v) is 17.6. The molecular formula is C18H36N4O3S. The fourth-order valence-corrected chi connectivity index (χ4v) is 5.35. The maximum Gasteiger partial charge on any atom is 0.281 e. The second kappa shape index (κ2) is 9.48. The first-order valence-corrected chi connectivity index (χ1v) is 11.3. The van der Waals surface area contributed by atoms with Gasteiger partial charge in [0.2, 0.25) is 5.91 Å². The van der Waals surface area contributed by atoms with Gasteiger partial charge in [-0.15, -0.1) is 0 Å². The number of carbonyl (C=O) groups is 1. The second-order valence-corrected chi connectivity index (χ2v) is 10.5. The lowest BCUT2D eigenvalue weighted by Crippen LogP contribution is -2.47. The molecule has 0 aliphatic carbocycles. The molecule has 8 heteroatoms. The van der Waals surface area contributed by atoms with Crippen LogP contribution in [0.2, 0.25) is 0 Å². The minimum Gasteiger partial charge on any atom is -0.356 e. The summed E-state index contributed by atoms with van der Waals surface area (Å²) >= 11 is 0. The quantitative estimate of drug-likeness (QED) is 0.660. The molecule has 1 amide bonds. The molecule has 0 aromatic heterocycles. The maximum absolute atomic E-state index is 12.3. The van der Waals surface area contributed by atoms with E-state index in [1.54, 1.807) is 0 Å². The summed E-state index contributed by atoms with van der Waals surface area (Å²) in [7, 11) is -0.283. The molecular weight excluding hydrogens is 352 g/mol. The second-order valence-electron chi connectivity index (χ2n) is 8.31. The van der Waals surface area contributed by atoms with Gasteiger partial charge in [0.15, 0.2) is 0 Å². The van der Waals surface area contributed by atoms with Gasteiger partial charge in [0.25, 0.3) is 10.2 Å². The monoisotopic (exact) mass is 388 g/mol. The Morgan fingerprint density at radius 3 is 2.23 bits per heavy atom. The van der Waals surface area contributed by atoms with Gasteiger partial charge in [0, 0.05) is 52.7 Å². The molecule has 7 nitrogen and oxygen atoms in total. The van der Waals surface area contributed by atoms with Gasteiger partial charge >= 0.3 is 0 Å². The van der Waals surface area contributed by atoms with Gasteiger partial charge in [-0.2, -0.15) is 17.0 Å². The number of likely N-dealkylation sites (tertiary alicyclic amines) is 1. The van der Waals surface area contributed by atoms with Gasteiger partial charge < -0.3 is 10.2 Å². The minimum atomic E-state index is -3.36. The van der Waals surface area contributed by atoms with Gasteiger partial charge in [-0.25, -0.2) is 0 Å². The molecule has 0 spiro atoms. The molecule has 2 heterocycles. The average molecular weight is 389 g/mol. The highest BCUT2D eigenvalue weighted by atomic mass is 32.2. The fraction of sp³-hybridized carbons (Fsp3) is 0.944. The van der Waals surface area contributed by atoms with E-state index >= 15 is 0 Å². The van der Waals surface area contributed by atoms with Gasteiger partial charge in [-0.3, -0.25) is 4.79 Å². The zero-order valence-electron chi connectivity index (χ0n) is 16.8. The number of piperidine rings is 2. The molecule has 2 aliphatic heterocycles. The molecule has 1 N–H and O–H groups in total. The summed E-state index contributed by atoms with van der Waals surface area (Å²) < 4.78 is 26.9. The largest absolute Gasteiger partial charge is 0.356 e. The summed E-state index contributed by atoms with van der Waals surface area (Å²) in [6.45, 7) is 9.53. The van der Waals surface area contributed by atoms with Crippen LogP contribution in [0.5, 0.6) is 0 Å². The molecule has 2 rings (SSSR count). The minimum absolute atomic E-state index is 0.0707. The van der Waals surface area contributed by atoms with E-state index < -0.39 is 10.2 Å². The van der Waals surface area contributed by atoms with Crippen molar-refractivity contribution in [2.75, 3.05) is 53.4 Å². The molecule has 0 radical (unpaired) electrons. The van der Waals surface area contributed by atoms with Crippen molar-refractivity contribution < 1.29 is 13.2 Å². The molecule has 0 saturated carbocycles. The van der Waals surface area contributed by atoms with E-state index in [-0.39, 0.29) is 11.8 Å². The molecule has 2 saturated heterocycles. The van der Waals surface area contributed by atoms with E-state index in [1.807, 2.05) is 0 Å². The number of carbonyl (C=O) groups excluding carboxylic acids is 1. The topological polar surface area (TPSA) is 73.0 Å². The van der Waals surface area contributed by atoms with Crippen molar-refractivity contribution >= 4 is 16.1 Å². The van der Waals surface area contributed by atoms with Crippen LogP contribution in [-0.2, 0) is 15.0 Å². The Kier molecular flexibility index (Phi) is 7.88. The van der Waals surface area contributed by atoms with Crippen molar-refractivity contribution in [2.24, 2.45) is 17.8 Å². The van der Waals surface area contributed by atoms with E-state index in [0.29, 0.717) is 32.5 Å². The number of amides is 1. The Morgan fingerprint density at radius 2 is 1.69 bits per heavy atom.